The van der Waals surface area contributed by atoms with Crippen molar-refractivity contribution in [3.8, 4) is 17.5 Å². The van der Waals surface area contributed by atoms with E-state index < -0.39 is 10.0 Å². The smallest absolute Gasteiger partial charge is 0.244 e. The van der Waals surface area contributed by atoms with Gasteiger partial charge in [-0.15, -0.1) is 0 Å². The van der Waals surface area contributed by atoms with Crippen LogP contribution in [0.15, 0.2) is 41.6 Å². The summed E-state index contributed by atoms with van der Waals surface area (Å²) in [6.45, 7) is 0. The predicted octanol–water partition coefficient (Wildman–Crippen LogP) is 2.16. The van der Waals surface area contributed by atoms with E-state index in [0.29, 0.717) is 30.4 Å². The summed E-state index contributed by atoms with van der Waals surface area (Å²) in [4.78, 5) is 8.36. The minimum atomic E-state index is -3.64. The third-order valence-corrected chi connectivity index (χ3v) is 6.00. The van der Waals surface area contributed by atoms with Gasteiger partial charge in [-0.25, -0.2) is 13.1 Å². The number of para-hydroxylation sites is 1. The van der Waals surface area contributed by atoms with Gasteiger partial charge in [-0.1, -0.05) is 12.1 Å². The standard InChI is InChI=1S/C18H23N3O5S/c1-24-15-5-3-4-6-16(15)27(22,23)21-13-7-9-14(10-8-13)26-18-12-19-11-17(20-18)25-2/h3-6,11-14,21H,7-10H2,1-2H3. The first-order valence-electron chi connectivity index (χ1n) is 8.70. The number of sulfonamides is 1. The number of aromatic nitrogens is 2. The van der Waals surface area contributed by atoms with E-state index >= 15 is 0 Å². The number of nitrogens with zero attached hydrogens (tertiary/aromatic N) is 2. The molecule has 3 rings (SSSR count). The summed E-state index contributed by atoms with van der Waals surface area (Å²) in [6, 6.07) is 6.45. The van der Waals surface area contributed by atoms with Gasteiger partial charge in [0.2, 0.25) is 21.8 Å². The Labute approximate surface area is 158 Å². The van der Waals surface area contributed by atoms with Crippen LogP contribution in [0.5, 0.6) is 17.5 Å². The lowest BCUT2D eigenvalue weighted by atomic mass is 9.94. The zero-order chi connectivity index (χ0) is 19.3. The fourth-order valence-electron chi connectivity index (χ4n) is 3.08. The minimum absolute atomic E-state index is 0.0292. The van der Waals surface area contributed by atoms with Gasteiger partial charge in [0.05, 0.1) is 26.6 Å². The molecule has 27 heavy (non-hydrogen) atoms. The zero-order valence-electron chi connectivity index (χ0n) is 15.3. The molecular weight excluding hydrogens is 370 g/mol. The minimum Gasteiger partial charge on any atom is -0.495 e. The molecule has 8 nitrogen and oxygen atoms in total. The van der Waals surface area contributed by atoms with E-state index in [9.17, 15) is 8.42 Å². The molecule has 2 aromatic rings. The molecule has 1 aliphatic rings. The van der Waals surface area contributed by atoms with Crippen molar-refractivity contribution in [2.75, 3.05) is 14.2 Å². The number of rotatable bonds is 7. The van der Waals surface area contributed by atoms with E-state index in [1.807, 2.05) is 0 Å². The molecule has 0 atom stereocenters. The fourth-order valence-corrected chi connectivity index (χ4v) is 4.55. The molecule has 0 bridgehead atoms. The lowest BCUT2D eigenvalue weighted by molar-refractivity contribution is 0.136. The molecule has 0 radical (unpaired) electrons. The number of nitrogens with one attached hydrogen (secondary N) is 1. The Kier molecular flexibility index (Phi) is 6.12. The third-order valence-electron chi connectivity index (χ3n) is 4.44. The van der Waals surface area contributed by atoms with Crippen molar-refractivity contribution >= 4 is 10.0 Å². The van der Waals surface area contributed by atoms with Gasteiger partial charge < -0.3 is 14.2 Å². The highest BCUT2D eigenvalue weighted by Gasteiger charge is 2.28. The van der Waals surface area contributed by atoms with E-state index in [1.165, 1.54) is 26.5 Å². The average molecular weight is 393 g/mol. The van der Waals surface area contributed by atoms with Crippen molar-refractivity contribution in [1.29, 1.82) is 0 Å². The van der Waals surface area contributed by atoms with Crippen LogP contribution in [0, 0.1) is 0 Å². The van der Waals surface area contributed by atoms with Gasteiger partial charge in [0.1, 0.15) is 16.7 Å². The summed E-state index contributed by atoms with van der Waals surface area (Å²) >= 11 is 0. The fraction of sp³-hybridized carbons (Fsp3) is 0.444. The van der Waals surface area contributed by atoms with Crippen molar-refractivity contribution in [3.63, 3.8) is 0 Å². The van der Waals surface area contributed by atoms with E-state index in [2.05, 4.69) is 14.7 Å². The summed E-state index contributed by atoms with van der Waals surface area (Å²) in [5.41, 5.74) is 0. The first-order valence-corrected chi connectivity index (χ1v) is 10.2. The SMILES string of the molecule is COc1cncc(OC2CCC(NS(=O)(=O)c3ccccc3OC)CC2)n1. The van der Waals surface area contributed by atoms with Crippen LogP contribution in [0.2, 0.25) is 0 Å². The van der Waals surface area contributed by atoms with E-state index in [4.69, 9.17) is 14.2 Å². The molecule has 9 heteroatoms. The molecule has 146 valence electrons. The van der Waals surface area contributed by atoms with Crippen LogP contribution < -0.4 is 18.9 Å². The summed E-state index contributed by atoms with van der Waals surface area (Å²) in [6.07, 6.45) is 5.82. The topological polar surface area (TPSA) is 99.6 Å². The number of hydrogen-bond acceptors (Lipinski definition) is 7. The zero-order valence-corrected chi connectivity index (χ0v) is 16.1. The van der Waals surface area contributed by atoms with Gasteiger partial charge >= 0.3 is 0 Å². The molecular formula is C18H23N3O5S. The monoisotopic (exact) mass is 393 g/mol. The molecule has 1 aromatic heterocycles. The van der Waals surface area contributed by atoms with Crippen LogP contribution in [0.4, 0.5) is 0 Å². The molecule has 1 N–H and O–H groups in total. The molecule has 0 amide bonds. The van der Waals surface area contributed by atoms with Gasteiger partial charge in [0.25, 0.3) is 0 Å². The Morgan fingerprint density at radius 1 is 1.00 bits per heavy atom. The first kappa shape index (κ1) is 19.4. The highest BCUT2D eigenvalue weighted by Crippen LogP contribution is 2.27. The Morgan fingerprint density at radius 2 is 1.70 bits per heavy atom. The molecule has 1 saturated carbocycles. The second-order valence-electron chi connectivity index (χ2n) is 6.26. The molecule has 1 aliphatic carbocycles. The number of methoxy groups -OCH3 is 2. The first-order chi connectivity index (χ1) is 13.0. The number of benzene rings is 1. The van der Waals surface area contributed by atoms with Crippen molar-refractivity contribution in [3.05, 3.63) is 36.7 Å². The quantitative estimate of drug-likeness (QED) is 0.769. The van der Waals surface area contributed by atoms with Crippen molar-refractivity contribution < 1.29 is 22.6 Å². The largest absolute Gasteiger partial charge is 0.495 e. The number of ether oxygens (including phenoxy) is 3. The maximum absolute atomic E-state index is 12.7. The average Bonchev–Trinajstić information content (AvgIpc) is 2.69. The summed E-state index contributed by atoms with van der Waals surface area (Å²) in [5, 5.41) is 0. The molecule has 0 spiro atoms. The maximum Gasteiger partial charge on any atom is 0.244 e. The highest BCUT2D eigenvalue weighted by atomic mass is 32.2. The Bertz CT molecular complexity index is 867. The van der Waals surface area contributed by atoms with Gasteiger partial charge in [-0.3, -0.25) is 4.98 Å². The lowest BCUT2D eigenvalue weighted by Crippen LogP contribution is -2.39. The number of hydrogen-bond donors (Lipinski definition) is 1. The third kappa shape index (κ3) is 4.86. The summed E-state index contributed by atoms with van der Waals surface area (Å²) in [5.74, 6) is 1.14. The Balaban J connectivity index is 1.57. The van der Waals surface area contributed by atoms with Gasteiger partial charge in [0, 0.05) is 6.04 Å². The molecule has 1 aromatic carbocycles. The van der Waals surface area contributed by atoms with E-state index in [1.54, 1.807) is 24.4 Å². The molecule has 1 fully saturated rings. The van der Waals surface area contributed by atoms with E-state index in [0.717, 1.165) is 12.8 Å². The van der Waals surface area contributed by atoms with Gasteiger partial charge in [-0.05, 0) is 37.8 Å². The van der Waals surface area contributed by atoms with Gasteiger partial charge in [0.15, 0.2) is 0 Å². The molecule has 0 unspecified atom stereocenters. The molecule has 0 aliphatic heterocycles. The molecule has 0 saturated heterocycles. The Morgan fingerprint density at radius 3 is 2.41 bits per heavy atom. The highest BCUT2D eigenvalue weighted by molar-refractivity contribution is 7.89. The predicted molar refractivity (Wildman–Crippen MR) is 98.6 cm³/mol. The van der Waals surface area contributed by atoms with Crippen LogP contribution in [-0.4, -0.2) is 44.8 Å². The van der Waals surface area contributed by atoms with Crippen LogP contribution in [0.3, 0.4) is 0 Å². The van der Waals surface area contributed by atoms with Gasteiger partial charge in [-0.2, -0.15) is 4.98 Å². The van der Waals surface area contributed by atoms with Crippen LogP contribution in [0.1, 0.15) is 25.7 Å². The van der Waals surface area contributed by atoms with Crippen LogP contribution >= 0.6 is 0 Å². The van der Waals surface area contributed by atoms with Crippen molar-refractivity contribution in [2.24, 2.45) is 0 Å². The van der Waals surface area contributed by atoms with Crippen LogP contribution in [0.25, 0.3) is 0 Å². The van der Waals surface area contributed by atoms with Crippen molar-refractivity contribution in [2.45, 2.75) is 42.7 Å². The lowest BCUT2D eigenvalue weighted by Gasteiger charge is -2.29. The normalized spacial score (nSPS) is 20.1. The van der Waals surface area contributed by atoms with Crippen LogP contribution in [-0.2, 0) is 10.0 Å². The summed E-state index contributed by atoms with van der Waals surface area (Å²) < 4.78 is 44.2. The van der Waals surface area contributed by atoms with E-state index in [-0.39, 0.29) is 17.0 Å². The second-order valence-corrected chi connectivity index (χ2v) is 7.95. The second kappa shape index (κ2) is 8.53. The Hall–Kier alpha value is -2.39. The summed E-state index contributed by atoms with van der Waals surface area (Å²) in [7, 11) is -0.665. The maximum atomic E-state index is 12.7. The molecule has 1 heterocycles. The van der Waals surface area contributed by atoms with Crippen molar-refractivity contribution in [1.82, 2.24) is 14.7 Å².